The summed E-state index contributed by atoms with van der Waals surface area (Å²) in [6.07, 6.45) is 1.05. The number of rotatable bonds is 5. The summed E-state index contributed by atoms with van der Waals surface area (Å²) in [5.41, 5.74) is 1.32. The van der Waals surface area contributed by atoms with E-state index in [1.54, 1.807) is 24.3 Å². The zero-order valence-corrected chi connectivity index (χ0v) is 17.5. The first kappa shape index (κ1) is 20.7. The van der Waals surface area contributed by atoms with Crippen molar-refractivity contribution in [2.45, 2.75) is 11.4 Å². The number of sulfone groups is 1. The van der Waals surface area contributed by atoms with Crippen LogP contribution in [0.1, 0.15) is 5.56 Å². The summed E-state index contributed by atoms with van der Waals surface area (Å²) in [5.74, 6) is -0.480. The van der Waals surface area contributed by atoms with Crippen LogP contribution >= 0.6 is 0 Å². The van der Waals surface area contributed by atoms with Gasteiger partial charge in [0, 0.05) is 11.8 Å². The Kier molecular flexibility index (Phi) is 5.52. The Morgan fingerprint density at radius 1 is 0.839 bits per heavy atom. The predicted molar refractivity (Wildman–Crippen MR) is 118 cm³/mol. The second kappa shape index (κ2) is 8.28. The van der Waals surface area contributed by atoms with Crippen molar-refractivity contribution in [1.29, 1.82) is 0 Å². The molecule has 0 saturated heterocycles. The second-order valence-corrected chi connectivity index (χ2v) is 9.10. The van der Waals surface area contributed by atoms with Gasteiger partial charge in [-0.2, -0.15) is 5.10 Å². The van der Waals surface area contributed by atoms with E-state index >= 15 is 0 Å². The molecule has 0 aliphatic carbocycles. The topological polar surface area (TPSA) is 69.0 Å². The lowest BCUT2D eigenvalue weighted by molar-refractivity contribution is 0.596. The molecule has 0 aliphatic rings. The van der Waals surface area contributed by atoms with Crippen molar-refractivity contribution in [2.75, 3.05) is 6.26 Å². The van der Waals surface area contributed by atoms with Crippen molar-refractivity contribution in [3.05, 3.63) is 107 Å². The largest absolute Gasteiger partial charge is 0.276 e. The number of hydrogen-bond acceptors (Lipinski definition) is 4. The summed E-state index contributed by atoms with van der Waals surface area (Å²) in [4.78, 5) is 13.3. The maximum Gasteiger partial charge on any atom is 0.276 e. The normalized spacial score (nSPS) is 11.4. The van der Waals surface area contributed by atoms with Crippen molar-refractivity contribution in [3.63, 3.8) is 0 Å². The number of nitrogens with zero attached hydrogens (tertiary/aromatic N) is 2. The lowest BCUT2D eigenvalue weighted by Gasteiger charge is -2.16. The highest BCUT2D eigenvalue weighted by atomic mass is 32.2. The van der Waals surface area contributed by atoms with Crippen LogP contribution in [0.25, 0.3) is 22.4 Å². The van der Waals surface area contributed by atoms with Gasteiger partial charge >= 0.3 is 0 Å². The van der Waals surface area contributed by atoms with Crippen LogP contribution in [0.5, 0.6) is 0 Å². The van der Waals surface area contributed by atoms with Gasteiger partial charge in [0.25, 0.3) is 5.56 Å². The van der Waals surface area contributed by atoms with E-state index in [0.29, 0.717) is 11.1 Å². The molecule has 0 amide bonds. The summed E-state index contributed by atoms with van der Waals surface area (Å²) >= 11 is 0. The minimum atomic E-state index is -3.85. The molecular weight excluding hydrogens is 415 g/mol. The van der Waals surface area contributed by atoms with Gasteiger partial charge < -0.3 is 0 Å². The highest BCUT2D eigenvalue weighted by Gasteiger charge is 2.27. The van der Waals surface area contributed by atoms with Crippen LogP contribution in [0.15, 0.2) is 94.6 Å². The molecule has 1 heterocycles. The standard InChI is InChI=1S/C24H19FN2O3S/c1-31(29,30)23-21(18-12-14-20(25)15-13-18)24(28)27(16-17-8-4-2-5-9-17)26-22(23)19-10-6-3-7-11-19/h2-15H,16H2,1H3. The van der Waals surface area contributed by atoms with Crippen LogP contribution < -0.4 is 5.56 Å². The van der Waals surface area contributed by atoms with Gasteiger partial charge in [-0.1, -0.05) is 72.8 Å². The lowest BCUT2D eigenvalue weighted by Crippen LogP contribution is -2.28. The number of aromatic nitrogens is 2. The van der Waals surface area contributed by atoms with Gasteiger partial charge in [-0.3, -0.25) is 4.79 Å². The molecule has 156 valence electrons. The molecule has 0 unspecified atom stereocenters. The van der Waals surface area contributed by atoms with Crippen LogP contribution in [-0.2, 0) is 16.4 Å². The van der Waals surface area contributed by atoms with E-state index in [1.807, 2.05) is 36.4 Å². The minimum absolute atomic E-state index is 0.0210. The van der Waals surface area contributed by atoms with Gasteiger partial charge in [-0.15, -0.1) is 0 Å². The third-order valence-corrected chi connectivity index (χ3v) is 5.98. The Balaban J connectivity index is 2.08. The monoisotopic (exact) mass is 434 g/mol. The maximum atomic E-state index is 13.5. The number of benzene rings is 3. The van der Waals surface area contributed by atoms with Crippen molar-refractivity contribution >= 4 is 9.84 Å². The van der Waals surface area contributed by atoms with E-state index in [0.717, 1.165) is 11.8 Å². The van der Waals surface area contributed by atoms with E-state index in [2.05, 4.69) is 5.10 Å². The van der Waals surface area contributed by atoms with Gasteiger partial charge in [0.2, 0.25) is 0 Å². The summed E-state index contributed by atoms with van der Waals surface area (Å²) in [7, 11) is -3.85. The van der Waals surface area contributed by atoms with E-state index in [-0.39, 0.29) is 22.7 Å². The number of halogens is 1. The average Bonchev–Trinajstić information content (AvgIpc) is 2.76. The van der Waals surface area contributed by atoms with Crippen LogP contribution in [0.4, 0.5) is 4.39 Å². The molecule has 0 radical (unpaired) electrons. The molecule has 0 aliphatic heterocycles. The highest BCUT2D eigenvalue weighted by molar-refractivity contribution is 7.91. The van der Waals surface area contributed by atoms with Gasteiger partial charge in [0.15, 0.2) is 9.84 Å². The first-order chi connectivity index (χ1) is 14.8. The van der Waals surface area contributed by atoms with Crippen molar-refractivity contribution in [3.8, 4) is 22.4 Å². The molecule has 3 aromatic carbocycles. The zero-order valence-electron chi connectivity index (χ0n) is 16.7. The molecule has 0 fully saturated rings. The fourth-order valence-electron chi connectivity index (χ4n) is 3.44. The molecule has 0 atom stereocenters. The van der Waals surface area contributed by atoms with E-state index in [4.69, 9.17) is 0 Å². The van der Waals surface area contributed by atoms with E-state index in [1.165, 1.54) is 28.9 Å². The fourth-order valence-corrected chi connectivity index (χ4v) is 4.52. The molecule has 4 rings (SSSR count). The quantitative estimate of drug-likeness (QED) is 0.473. The molecule has 1 aromatic heterocycles. The zero-order chi connectivity index (χ0) is 22.0. The smallest absolute Gasteiger partial charge is 0.267 e. The Morgan fingerprint density at radius 2 is 1.42 bits per heavy atom. The maximum absolute atomic E-state index is 13.5. The molecule has 31 heavy (non-hydrogen) atoms. The predicted octanol–water partition coefficient (Wildman–Crippen LogP) is 4.17. The average molecular weight is 434 g/mol. The summed E-state index contributed by atoms with van der Waals surface area (Å²) in [6, 6.07) is 23.3. The third-order valence-electron chi connectivity index (χ3n) is 4.84. The first-order valence-corrected chi connectivity index (χ1v) is 11.4. The lowest BCUT2D eigenvalue weighted by atomic mass is 10.0. The molecule has 0 N–H and O–H groups in total. The van der Waals surface area contributed by atoms with Crippen molar-refractivity contribution < 1.29 is 12.8 Å². The van der Waals surface area contributed by atoms with Crippen LogP contribution in [0, 0.1) is 5.82 Å². The third kappa shape index (κ3) is 4.32. The van der Waals surface area contributed by atoms with Gasteiger partial charge in [0.05, 0.1) is 12.1 Å². The molecular formula is C24H19FN2O3S. The number of hydrogen-bond donors (Lipinski definition) is 0. The summed E-state index contributed by atoms with van der Waals surface area (Å²) in [6.45, 7) is 0.164. The summed E-state index contributed by atoms with van der Waals surface area (Å²) in [5, 5.41) is 4.46. The summed E-state index contributed by atoms with van der Waals surface area (Å²) < 4.78 is 40.5. The van der Waals surface area contributed by atoms with Gasteiger partial charge in [-0.05, 0) is 23.3 Å². The second-order valence-electron chi connectivity index (χ2n) is 7.15. The Morgan fingerprint density at radius 3 is 2.00 bits per heavy atom. The van der Waals surface area contributed by atoms with E-state index < -0.39 is 21.2 Å². The molecule has 0 spiro atoms. The van der Waals surface area contributed by atoms with Crippen LogP contribution in [0.2, 0.25) is 0 Å². The molecule has 5 nitrogen and oxygen atoms in total. The molecule has 7 heteroatoms. The molecule has 0 bridgehead atoms. The van der Waals surface area contributed by atoms with Crippen molar-refractivity contribution in [2.24, 2.45) is 0 Å². The Hall–Kier alpha value is -3.58. The Bertz CT molecular complexity index is 1380. The Labute approximate surface area is 179 Å². The van der Waals surface area contributed by atoms with Gasteiger partial charge in [-0.25, -0.2) is 17.5 Å². The van der Waals surface area contributed by atoms with Crippen molar-refractivity contribution in [1.82, 2.24) is 9.78 Å². The van der Waals surface area contributed by atoms with Gasteiger partial charge in [0.1, 0.15) is 16.4 Å². The molecule has 4 aromatic rings. The SMILES string of the molecule is CS(=O)(=O)c1c(-c2ccccc2)nn(Cc2ccccc2)c(=O)c1-c1ccc(F)cc1. The fraction of sp³-hybridized carbons (Fsp3) is 0.0833. The van der Waals surface area contributed by atoms with E-state index in [9.17, 15) is 17.6 Å². The molecule has 0 saturated carbocycles. The minimum Gasteiger partial charge on any atom is -0.267 e. The first-order valence-electron chi connectivity index (χ1n) is 9.55. The highest BCUT2D eigenvalue weighted by Crippen LogP contribution is 2.32. The van der Waals surface area contributed by atoms with Crippen LogP contribution in [-0.4, -0.2) is 24.5 Å². The van der Waals surface area contributed by atoms with Crippen LogP contribution in [0.3, 0.4) is 0 Å².